The molecule has 0 atom stereocenters. The fourth-order valence-electron chi connectivity index (χ4n) is 2.43. The minimum absolute atomic E-state index is 0.0281. The first-order chi connectivity index (χ1) is 10.2. The highest BCUT2D eigenvalue weighted by Crippen LogP contribution is 2.20. The molecule has 0 aromatic carbocycles. The number of rotatable bonds is 3. The fourth-order valence-corrected chi connectivity index (χ4v) is 2.43. The van der Waals surface area contributed by atoms with E-state index in [9.17, 15) is 9.18 Å². The maximum atomic E-state index is 13.5. The number of anilines is 1. The Balaban J connectivity index is 1.69. The van der Waals surface area contributed by atoms with Crippen molar-refractivity contribution < 1.29 is 9.18 Å². The lowest BCUT2D eigenvalue weighted by Crippen LogP contribution is -2.29. The molecule has 1 fully saturated rings. The van der Waals surface area contributed by atoms with Gasteiger partial charge in [-0.25, -0.2) is 4.39 Å². The van der Waals surface area contributed by atoms with Gasteiger partial charge in [-0.05, 0) is 32.0 Å². The first-order valence-corrected chi connectivity index (χ1v) is 6.90. The summed E-state index contributed by atoms with van der Waals surface area (Å²) in [4.78, 5) is 15.6. The van der Waals surface area contributed by atoms with Gasteiger partial charge in [0.05, 0.1) is 29.7 Å². The number of piperidine rings is 1. The van der Waals surface area contributed by atoms with Gasteiger partial charge in [-0.1, -0.05) is 0 Å². The van der Waals surface area contributed by atoms with E-state index in [1.165, 1.54) is 12.3 Å². The fraction of sp³-hybridized carbons (Fsp3) is 0.357. The molecule has 2 aromatic heterocycles. The predicted octanol–water partition coefficient (Wildman–Crippen LogP) is 1.59. The Kier molecular flexibility index (Phi) is 3.92. The molecule has 3 heterocycles. The number of halogens is 1. The number of nitrogens with zero attached hydrogens (tertiary/aromatic N) is 3. The van der Waals surface area contributed by atoms with Crippen LogP contribution in [0, 0.1) is 5.82 Å². The largest absolute Gasteiger partial charge is 0.319 e. The van der Waals surface area contributed by atoms with Gasteiger partial charge in [0.15, 0.2) is 5.82 Å². The van der Waals surface area contributed by atoms with Crippen molar-refractivity contribution in [3.63, 3.8) is 0 Å². The molecule has 1 saturated heterocycles. The van der Waals surface area contributed by atoms with E-state index in [1.807, 2.05) is 4.68 Å². The lowest BCUT2D eigenvalue weighted by Gasteiger charge is -2.22. The van der Waals surface area contributed by atoms with Gasteiger partial charge >= 0.3 is 0 Å². The van der Waals surface area contributed by atoms with E-state index in [1.54, 1.807) is 12.4 Å². The van der Waals surface area contributed by atoms with Gasteiger partial charge < -0.3 is 10.6 Å². The Labute approximate surface area is 121 Å². The minimum Gasteiger partial charge on any atom is -0.319 e. The van der Waals surface area contributed by atoms with Crippen molar-refractivity contribution in [1.82, 2.24) is 20.1 Å². The van der Waals surface area contributed by atoms with E-state index < -0.39 is 11.7 Å². The van der Waals surface area contributed by atoms with Gasteiger partial charge in [0.2, 0.25) is 0 Å². The number of hydrogen-bond acceptors (Lipinski definition) is 4. The van der Waals surface area contributed by atoms with Crippen LogP contribution in [0.15, 0.2) is 30.9 Å². The summed E-state index contributed by atoms with van der Waals surface area (Å²) >= 11 is 0. The lowest BCUT2D eigenvalue weighted by molar-refractivity contribution is 0.102. The summed E-state index contributed by atoms with van der Waals surface area (Å²) in [5.74, 6) is -1.14. The van der Waals surface area contributed by atoms with Crippen LogP contribution in [0.1, 0.15) is 29.2 Å². The van der Waals surface area contributed by atoms with Crippen LogP contribution in [0.3, 0.4) is 0 Å². The number of amides is 1. The molecule has 0 aliphatic carbocycles. The molecule has 0 radical (unpaired) electrons. The van der Waals surface area contributed by atoms with Crippen LogP contribution in [0.5, 0.6) is 0 Å². The van der Waals surface area contributed by atoms with E-state index in [4.69, 9.17) is 0 Å². The molecule has 21 heavy (non-hydrogen) atoms. The molecule has 3 rings (SSSR count). The predicted molar refractivity (Wildman–Crippen MR) is 75.5 cm³/mol. The SMILES string of the molecule is O=C(Nc1cnn(C2CCNCC2)c1)c1ccncc1F. The highest BCUT2D eigenvalue weighted by Gasteiger charge is 2.17. The molecule has 0 spiro atoms. The average Bonchev–Trinajstić information content (AvgIpc) is 2.97. The van der Waals surface area contributed by atoms with Gasteiger partial charge in [-0.3, -0.25) is 14.5 Å². The Hall–Kier alpha value is -2.28. The second kappa shape index (κ2) is 6.01. The summed E-state index contributed by atoms with van der Waals surface area (Å²) in [6.45, 7) is 1.93. The first kappa shape index (κ1) is 13.7. The van der Waals surface area contributed by atoms with Crippen LogP contribution in [0.4, 0.5) is 10.1 Å². The van der Waals surface area contributed by atoms with E-state index >= 15 is 0 Å². The summed E-state index contributed by atoms with van der Waals surface area (Å²) in [5.41, 5.74) is 0.536. The molecule has 1 aliphatic heterocycles. The smallest absolute Gasteiger partial charge is 0.258 e. The molecule has 0 saturated carbocycles. The van der Waals surface area contributed by atoms with Crippen LogP contribution in [-0.4, -0.2) is 33.8 Å². The van der Waals surface area contributed by atoms with Crippen molar-refractivity contribution in [1.29, 1.82) is 0 Å². The Morgan fingerprint density at radius 3 is 2.95 bits per heavy atom. The van der Waals surface area contributed by atoms with Crippen molar-refractivity contribution in [3.8, 4) is 0 Å². The molecule has 1 aliphatic rings. The number of hydrogen-bond donors (Lipinski definition) is 2. The molecule has 0 bridgehead atoms. The maximum Gasteiger partial charge on any atom is 0.258 e. The molecule has 2 aromatic rings. The Bertz CT molecular complexity index is 636. The third-order valence-electron chi connectivity index (χ3n) is 3.56. The van der Waals surface area contributed by atoms with Crippen molar-refractivity contribution in [3.05, 3.63) is 42.2 Å². The summed E-state index contributed by atoms with van der Waals surface area (Å²) in [6, 6.07) is 1.69. The Morgan fingerprint density at radius 1 is 1.38 bits per heavy atom. The number of carbonyl (C=O) groups is 1. The maximum absolute atomic E-state index is 13.5. The minimum atomic E-state index is -0.638. The topological polar surface area (TPSA) is 71.8 Å². The summed E-state index contributed by atoms with van der Waals surface area (Å²) in [5, 5.41) is 10.2. The van der Waals surface area contributed by atoms with Gasteiger partial charge in [0.25, 0.3) is 5.91 Å². The van der Waals surface area contributed by atoms with Gasteiger partial charge in [-0.15, -0.1) is 0 Å². The molecule has 7 heteroatoms. The molecule has 0 unspecified atom stereocenters. The van der Waals surface area contributed by atoms with Crippen LogP contribution in [0.2, 0.25) is 0 Å². The highest BCUT2D eigenvalue weighted by molar-refractivity contribution is 6.04. The lowest BCUT2D eigenvalue weighted by atomic mass is 10.1. The second-order valence-corrected chi connectivity index (χ2v) is 5.00. The van der Waals surface area contributed by atoms with Crippen LogP contribution < -0.4 is 10.6 Å². The monoisotopic (exact) mass is 289 g/mol. The number of aromatic nitrogens is 3. The second-order valence-electron chi connectivity index (χ2n) is 5.00. The summed E-state index contributed by atoms with van der Waals surface area (Å²) in [6.07, 6.45) is 7.79. The van der Waals surface area contributed by atoms with Crippen LogP contribution in [-0.2, 0) is 0 Å². The summed E-state index contributed by atoms with van der Waals surface area (Å²) in [7, 11) is 0. The van der Waals surface area contributed by atoms with Gasteiger partial charge in [0, 0.05) is 12.4 Å². The van der Waals surface area contributed by atoms with Crippen LogP contribution >= 0.6 is 0 Å². The van der Waals surface area contributed by atoms with E-state index in [0.29, 0.717) is 11.7 Å². The van der Waals surface area contributed by atoms with Crippen molar-refractivity contribution in [2.24, 2.45) is 0 Å². The standard InChI is InChI=1S/C14H16FN5O/c15-13-8-17-6-3-12(13)14(21)19-10-7-18-20(9-10)11-1-4-16-5-2-11/h3,6-9,11,16H,1-2,4-5H2,(H,19,21). The normalized spacial score (nSPS) is 15.9. The highest BCUT2D eigenvalue weighted by atomic mass is 19.1. The third kappa shape index (κ3) is 3.08. The molecule has 6 nitrogen and oxygen atoms in total. The summed E-state index contributed by atoms with van der Waals surface area (Å²) < 4.78 is 15.3. The third-order valence-corrected chi connectivity index (χ3v) is 3.56. The molecular formula is C14H16FN5O. The zero-order valence-corrected chi connectivity index (χ0v) is 11.4. The van der Waals surface area contributed by atoms with Crippen molar-refractivity contribution in [2.45, 2.75) is 18.9 Å². The molecular weight excluding hydrogens is 273 g/mol. The molecule has 1 amide bonds. The van der Waals surface area contributed by atoms with Crippen LogP contribution in [0.25, 0.3) is 0 Å². The number of pyridine rings is 1. The van der Waals surface area contributed by atoms with E-state index in [0.717, 1.165) is 32.1 Å². The van der Waals surface area contributed by atoms with E-state index in [-0.39, 0.29) is 5.56 Å². The Morgan fingerprint density at radius 2 is 2.19 bits per heavy atom. The molecule has 2 N–H and O–H groups in total. The van der Waals surface area contributed by atoms with Crippen molar-refractivity contribution in [2.75, 3.05) is 18.4 Å². The van der Waals surface area contributed by atoms with Crippen molar-refractivity contribution >= 4 is 11.6 Å². The van der Waals surface area contributed by atoms with Gasteiger partial charge in [-0.2, -0.15) is 5.10 Å². The van der Waals surface area contributed by atoms with Gasteiger partial charge in [0.1, 0.15) is 0 Å². The first-order valence-electron chi connectivity index (χ1n) is 6.90. The average molecular weight is 289 g/mol. The number of nitrogens with one attached hydrogen (secondary N) is 2. The molecule has 110 valence electrons. The zero-order valence-electron chi connectivity index (χ0n) is 11.4. The number of carbonyl (C=O) groups excluding carboxylic acids is 1. The zero-order chi connectivity index (χ0) is 14.7. The quantitative estimate of drug-likeness (QED) is 0.900. The van der Waals surface area contributed by atoms with E-state index in [2.05, 4.69) is 20.7 Å².